The number of rotatable bonds is 3. The molecule has 2 rings (SSSR count). The summed E-state index contributed by atoms with van der Waals surface area (Å²) in [5, 5.41) is 0. The lowest BCUT2D eigenvalue weighted by atomic mass is 10.0. The van der Waals surface area contributed by atoms with Crippen LogP contribution >= 0.6 is 0 Å². The fourth-order valence-corrected chi connectivity index (χ4v) is 2.93. The van der Waals surface area contributed by atoms with E-state index in [0.717, 1.165) is 25.1 Å². The van der Waals surface area contributed by atoms with Gasteiger partial charge in [0.25, 0.3) is 0 Å². The summed E-state index contributed by atoms with van der Waals surface area (Å²) in [6, 6.07) is 6.55. The smallest absolute Gasteiger partial charge is 0.410 e. The van der Waals surface area contributed by atoms with Gasteiger partial charge in [-0.2, -0.15) is 0 Å². The highest BCUT2D eigenvalue weighted by molar-refractivity contribution is 5.68. The number of carbonyl (C=O) groups is 1. The molecule has 5 nitrogen and oxygen atoms in total. The summed E-state index contributed by atoms with van der Waals surface area (Å²) in [5.41, 5.74) is 0.612. The number of amides is 1. The zero-order valence-corrected chi connectivity index (χ0v) is 15.0. The molecule has 1 fully saturated rings. The number of likely N-dealkylation sites (tertiary alicyclic amines) is 1. The summed E-state index contributed by atoms with van der Waals surface area (Å²) in [7, 11) is 2.11. The number of piperidine rings is 1. The van der Waals surface area contributed by atoms with Crippen LogP contribution in [0.15, 0.2) is 24.4 Å². The molecular formula is C18H29N3O2. The second-order valence-electron chi connectivity index (χ2n) is 7.32. The van der Waals surface area contributed by atoms with Crippen LogP contribution in [0.3, 0.4) is 0 Å². The van der Waals surface area contributed by atoms with E-state index in [0.29, 0.717) is 12.6 Å². The molecule has 1 aliphatic heterocycles. The first-order valence-electron chi connectivity index (χ1n) is 8.39. The summed E-state index contributed by atoms with van der Waals surface area (Å²) >= 11 is 0. The van der Waals surface area contributed by atoms with Gasteiger partial charge in [0.05, 0.1) is 5.69 Å². The molecule has 0 aromatic carbocycles. The molecule has 0 aliphatic carbocycles. The Labute approximate surface area is 139 Å². The second kappa shape index (κ2) is 7.30. The van der Waals surface area contributed by atoms with Crippen molar-refractivity contribution in [2.24, 2.45) is 0 Å². The summed E-state index contributed by atoms with van der Waals surface area (Å²) in [4.78, 5) is 20.9. The average Bonchev–Trinajstić information content (AvgIpc) is 2.53. The minimum absolute atomic E-state index is 0.207. The molecule has 1 saturated heterocycles. The first-order valence-corrected chi connectivity index (χ1v) is 8.39. The number of hydrogen-bond donors (Lipinski definition) is 0. The number of ether oxygens (including phenoxy) is 1. The van der Waals surface area contributed by atoms with E-state index in [1.165, 1.54) is 0 Å². The van der Waals surface area contributed by atoms with E-state index in [2.05, 4.69) is 29.9 Å². The van der Waals surface area contributed by atoms with Crippen LogP contribution in [0.25, 0.3) is 0 Å². The topological polar surface area (TPSA) is 45.7 Å². The molecule has 1 aliphatic rings. The molecule has 128 valence electrons. The van der Waals surface area contributed by atoms with Crippen molar-refractivity contribution in [3.63, 3.8) is 0 Å². The average molecular weight is 319 g/mol. The van der Waals surface area contributed by atoms with Crippen molar-refractivity contribution in [3.05, 3.63) is 30.1 Å². The van der Waals surface area contributed by atoms with Gasteiger partial charge in [0.1, 0.15) is 5.60 Å². The quantitative estimate of drug-likeness (QED) is 0.856. The summed E-state index contributed by atoms with van der Waals surface area (Å²) < 4.78 is 5.51. The number of likely N-dealkylation sites (N-methyl/N-ethyl adjacent to an activating group) is 1. The van der Waals surface area contributed by atoms with Crippen LogP contribution in [0.4, 0.5) is 4.79 Å². The molecule has 1 amide bonds. The number of hydrogen-bond acceptors (Lipinski definition) is 4. The molecule has 2 atom stereocenters. The van der Waals surface area contributed by atoms with E-state index in [-0.39, 0.29) is 12.1 Å². The van der Waals surface area contributed by atoms with E-state index in [9.17, 15) is 4.79 Å². The van der Waals surface area contributed by atoms with Gasteiger partial charge in [-0.05, 0) is 59.7 Å². The van der Waals surface area contributed by atoms with Gasteiger partial charge in [0.15, 0.2) is 0 Å². The van der Waals surface area contributed by atoms with Crippen LogP contribution in [0.2, 0.25) is 0 Å². The van der Waals surface area contributed by atoms with Crippen molar-refractivity contribution in [1.82, 2.24) is 14.8 Å². The van der Waals surface area contributed by atoms with Gasteiger partial charge in [0.2, 0.25) is 0 Å². The molecule has 0 bridgehead atoms. The van der Waals surface area contributed by atoms with E-state index in [1.54, 1.807) is 0 Å². The highest BCUT2D eigenvalue weighted by Crippen LogP contribution is 2.24. The Kier molecular flexibility index (Phi) is 5.63. The van der Waals surface area contributed by atoms with Crippen LogP contribution in [-0.2, 0) is 4.74 Å². The standard InChI is InChI=1S/C18H29N3O2/c1-14(16-10-6-7-11-19-16)20(5)15-9-8-12-21(13-15)17(22)23-18(2,3)4/h6-7,10-11,14-15H,8-9,12-13H2,1-5H3/t14-,15-/m0/s1. The van der Waals surface area contributed by atoms with Gasteiger partial charge in [-0.25, -0.2) is 4.79 Å². The number of aromatic nitrogens is 1. The SMILES string of the molecule is C[C@@H](c1ccccn1)N(C)[C@H]1CCCN(C(=O)OC(C)(C)C)C1. The lowest BCUT2D eigenvalue weighted by Crippen LogP contribution is -2.50. The maximum atomic E-state index is 12.3. The molecule has 0 unspecified atom stereocenters. The van der Waals surface area contributed by atoms with Crippen molar-refractivity contribution in [1.29, 1.82) is 0 Å². The Morgan fingerprint density at radius 1 is 1.43 bits per heavy atom. The van der Waals surface area contributed by atoms with Gasteiger partial charge in [-0.3, -0.25) is 9.88 Å². The highest BCUT2D eigenvalue weighted by Gasteiger charge is 2.31. The maximum absolute atomic E-state index is 12.3. The van der Waals surface area contributed by atoms with Crippen molar-refractivity contribution in [2.75, 3.05) is 20.1 Å². The van der Waals surface area contributed by atoms with Crippen LogP contribution in [0.1, 0.15) is 52.3 Å². The van der Waals surface area contributed by atoms with Crippen LogP contribution in [-0.4, -0.2) is 52.7 Å². The minimum Gasteiger partial charge on any atom is -0.444 e. The molecular weight excluding hydrogens is 290 g/mol. The van der Waals surface area contributed by atoms with Crippen LogP contribution in [0.5, 0.6) is 0 Å². The van der Waals surface area contributed by atoms with Gasteiger partial charge in [0, 0.05) is 31.4 Å². The van der Waals surface area contributed by atoms with Crippen LogP contribution < -0.4 is 0 Å². The third-order valence-corrected chi connectivity index (χ3v) is 4.35. The highest BCUT2D eigenvalue weighted by atomic mass is 16.6. The van der Waals surface area contributed by atoms with Crippen molar-refractivity contribution in [3.8, 4) is 0 Å². The zero-order valence-electron chi connectivity index (χ0n) is 15.0. The fraction of sp³-hybridized carbons (Fsp3) is 0.667. The largest absolute Gasteiger partial charge is 0.444 e. The van der Waals surface area contributed by atoms with Crippen molar-refractivity contribution < 1.29 is 9.53 Å². The third-order valence-electron chi connectivity index (χ3n) is 4.35. The first-order chi connectivity index (χ1) is 10.8. The molecule has 0 N–H and O–H groups in total. The molecule has 0 radical (unpaired) electrons. The maximum Gasteiger partial charge on any atom is 0.410 e. The fourth-order valence-electron chi connectivity index (χ4n) is 2.93. The monoisotopic (exact) mass is 319 g/mol. The molecule has 1 aromatic rings. The number of carbonyl (C=O) groups excluding carboxylic acids is 1. The Hall–Kier alpha value is -1.62. The van der Waals surface area contributed by atoms with Gasteiger partial charge >= 0.3 is 6.09 Å². The predicted molar refractivity (Wildman–Crippen MR) is 91.2 cm³/mol. The van der Waals surface area contributed by atoms with Crippen molar-refractivity contribution >= 4 is 6.09 Å². The lowest BCUT2D eigenvalue weighted by Gasteiger charge is -2.40. The normalized spacial score (nSPS) is 20.4. The van der Waals surface area contributed by atoms with E-state index in [4.69, 9.17) is 4.74 Å². The second-order valence-corrected chi connectivity index (χ2v) is 7.32. The Morgan fingerprint density at radius 2 is 2.17 bits per heavy atom. The summed E-state index contributed by atoms with van der Waals surface area (Å²) in [5.74, 6) is 0. The Morgan fingerprint density at radius 3 is 2.78 bits per heavy atom. The zero-order chi connectivity index (χ0) is 17.0. The first kappa shape index (κ1) is 17.7. The minimum atomic E-state index is -0.447. The molecule has 2 heterocycles. The summed E-state index contributed by atoms with van der Waals surface area (Å²) in [6.45, 7) is 9.36. The molecule has 5 heteroatoms. The molecule has 1 aromatic heterocycles. The van der Waals surface area contributed by atoms with Gasteiger partial charge < -0.3 is 9.64 Å². The van der Waals surface area contributed by atoms with Gasteiger partial charge in [-0.15, -0.1) is 0 Å². The predicted octanol–water partition coefficient (Wildman–Crippen LogP) is 3.47. The molecule has 0 spiro atoms. The van der Waals surface area contributed by atoms with E-state index >= 15 is 0 Å². The Balaban J connectivity index is 1.99. The van der Waals surface area contributed by atoms with Crippen molar-refractivity contribution in [2.45, 2.75) is 58.2 Å². The molecule has 23 heavy (non-hydrogen) atoms. The Bertz CT molecular complexity index is 513. The molecule has 0 saturated carbocycles. The number of nitrogens with zero attached hydrogens (tertiary/aromatic N) is 3. The number of pyridine rings is 1. The summed E-state index contributed by atoms with van der Waals surface area (Å²) in [6.07, 6.45) is 3.71. The lowest BCUT2D eigenvalue weighted by molar-refractivity contribution is 0.00959. The van der Waals surface area contributed by atoms with Gasteiger partial charge in [-0.1, -0.05) is 6.07 Å². The van der Waals surface area contributed by atoms with E-state index < -0.39 is 5.60 Å². The van der Waals surface area contributed by atoms with E-state index in [1.807, 2.05) is 44.0 Å². The third kappa shape index (κ3) is 4.93. The van der Waals surface area contributed by atoms with Crippen LogP contribution in [0, 0.1) is 0 Å².